The van der Waals surface area contributed by atoms with Gasteiger partial charge in [0.25, 0.3) is 0 Å². The Labute approximate surface area is 133 Å². The number of nitrogens with zero attached hydrogens (tertiary/aromatic N) is 1. The van der Waals surface area contributed by atoms with E-state index >= 15 is 0 Å². The minimum absolute atomic E-state index is 0.248. The van der Waals surface area contributed by atoms with Gasteiger partial charge >= 0.3 is 0 Å². The molecule has 0 saturated heterocycles. The van der Waals surface area contributed by atoms with Gasteiger partial charge in [0, 0.05) is 12.4 Å². The number of hydrogen-bond acceptors (Lipinski definition) is 6. The fourth-order valence-electron chi connectivity index (χ4n) is 1.69. The highest BCUT2D eigenvalue weighted by Crippen LogP contribution is 2.16. The van der Waals surface area contributed by atoms with Crippen LogP contribution in [0.3, 0.4) is 0 Å². The lowest BCUT2D eigenvalue weighted by molar-refractivity contribution is -0.118. The molecule has 1 aromatic carbocycles. The first kappa shape index (κ1) is 16.4. The van der Waals surface area contributed by atoms with E-state index in [0.29, 0.717) is 10.7 Å². The Morgan fingerprint density at radius 2 is 2.05 bits per heavy atom. The van der Waals surface area contributed by atoms with E-state index in [0.717, 1.165) is 5.75 Å². The lowest BCUT2D eigenvalue weighted by Gasteiger charge is -2.03. The standard InChI is InChI=1S/C14H16N2O4S2/c1-15-13(17)10-22(18,19)9-11-8-21-14(16-11)7-20-12-5-3-2-4-6-12/h2-6,8H,7,9-10H2,1H3,(H,15,17). The molecule has 0 bridgehead atoms. The fourth-order valence-corrected chi connectivity index (χ4v) is 3.75. The van der Waals surface area contributed by atoms with Crippen LogP contribution in [0.15, 0.2) is 35.7 Å². The maximum absolute atomic E-state index is 11.8. The summed E-state index contributed by atoms with van der Waals surface area (Å²) in [6, 6.07) is 9.30. The summed E-state index contributed by atoms with van der Waals surface area (Å²) < 4.78 is 29.2. The Kier molecular flexibility index (Phi) is 5.51. The Balaban J connectivity index is 1.92. The third kappa shape index (κ3) is 5.12. The van der Waals surface area contributed by atoms with E-state index in [1.54, 1.807) is 5.38 Å². The van der Waals surface area contributed by atoms with E-state index < -0.39 is 21.5 Å². The first-order valence-electron chi connectivity index (χ1n) is 6.50. The van der Waals surface area contributed by atoms with Gasteiger partial charge in [-0.05, 0) is 12.1 Å². The van der Waals surface area contributed by atoms with Gasteiger partial charge in [-0.2, -0.15) is 0 Å². The Hall–Kier alpha value is -1.93. The Morgan fingerprint density at radius 1 is 1.32 bits per heavy atom. The van der Waals surface area contributed by atoms with Gasteiger partial charge in [0.2, 0.25) is 5.91 Å². The number of thiazole rings is 1. The normalized spacial score (nSPS) is 11.1. The van der Waals surface area contributed by atoms with Crippen LogP contribution in [0.1, 0.15) is 10.7 Å². The molecular weight excluding hydrogens is 324 g/mol. The Morgan fingerprint density at radius 3 is 2.73 bits per heavy atom. The first-order valence-corrected chi connectivity index (χ1v) is 9.21. The predicted molar refractivity (Wildman–Crippen MR) is 84.4 cm³/mol. The number of carbonyl (C=O) groups is 1. The molecule has 0 aliphatic rings. The average Bonchev–Trinajstić information content (AvgIpc) is 2.92. The molecule has 2 rings (SSSR count). The zero-order valence-electron chi connectivity index (χ0n) is 12.0. The highest BCUT2D eigenvalue weighted by Gasteiger charge is 2.18. The van der Waals surface area contributed by atoms with Gasteiger partial charge in [-0.25, -0.2) is 13.4 Å². The zero-order chi connectivity index (χ0) is 16.0. The van der Waals surface area contributed by atoms with Gasteiger partial charge in [0.1, 0.15) is 23.1 Å². The van der Waals surface area contributed by atoms with Gasteiger partial charge in [-0.15, -0.1) is 11.3 Å². The molecule has 0 unspecified atom stereocenters. The molecule has 0 atom stereocenters. The van der Waals surface area contributed by atoms with Crippen molar-refractivity contribution in [1.29, 1.82) is 0 Å². The van der Waals surface area contributed by atoms with E-state index in [2.05, 4.69) is 10.3 Å². The molecule has 0 saturated carbocycles. The molecular formula is C14H16N2O4S2. The van der Waals surface area contributed by atoms with Crippen molar-refractivity contribution in [3.8, 4) is 5.75 Å². The van der Waals surface area contributed by atoms with Crippen LogP contribution in [-0.4, -0.2) is 32.1 Å². The summed E-state index contributed by atoms with van der Waals surface area (Å²) in [5.41, 5.74) is 0.431. The number of ether oxygens (including phenoxy) is 1. The molecule has 0 aliphatic carbocycles. The summed E-state index contributed by atoms with van der Waals surface area (Å²) in [6.07, 6.45) is 0. The van der Waals surface area contributed by atoms with Crippen LogP contribution in [0, 0.1) is 0 Å². The molecule has 0 aliphatic heterocycles. The van der Waals surface area contributed by atoms with Crippen molar-refractivity contribution >= 4 is 27.1 Å². The quantitative estimate of drug-likeness (QED) is 0.823. The van der Waals surface area contributed by atoms with Crippen molar-refractivity contribution in [2.75, 3.05) is 12.8 Å². The molecule has 118 valence electrons. The van der Waals surface area contributed by atoms with Crippen LogP contribution < -0.4 is 10.1 Å². The summed E-state index contributed by atoms with van der Waals surface area (Å²) in [4.78, 5) is 15.4. The summed E-state index contributed by atoms with van der Waals surface area (Å²) in [5, 5.41) is 4.66. The van der Waals surface area contributed by atoms with Crippen LogP contribution in [0.2, 0.25) is 0 Å². The lowest BCUT2D eigenvalue weighted by Crippen LogP contribution is -2.27. The summed E-state index contributed by atoms with van der Waals surface area (Å²) in [6.45, 7) is 0.282. The maximum atomic E-state index is 11.8. The minimum Gasteiger partial charge on any atom is -0.486 e. The van der Waals surface area contributed by atoms with Crippen molar-refractivity contribution in [1.82, 2.24) is 10.3 Å². The van der Waals surface area contributed by atoms with E-state index in [-0.39, 0.29) is 12.4 Å². The monoisotopic (exact) mass is 340 g/mol. The van der Waals surface area contributed by atoms with E-state index in [4.69, 9.17) is 4.74 Å². The second-order valence-electron chi connectivity index (χ2n) is 4.54. The SMILES string of the molecule is CNC(=O)CS(=O)(=O)Cc1csc(COc2ccccc2)n1. The number of amides is 1. The van der Waals surface area contributed by atoms with E-state index in [1.165, 1.54) is 18.4 Å². The number of nitrogens with one attached hydrogen (secondary N) is 1. The highest BCUT2D eigenvalue weighted by molar-refractivity contribution is 7.91. The molecule has 1 heterocycles. The number of benzene rings is 1. The summed E-state index contributed by atoms with van der Waals surface area (Å²) in [7, 11) is -2.11. The van der Waals surface area contributed by atoms with Crippen LogP contribution in [0.5, 0.6) is 5.75 Å². The van der Waals surface area contributed by atoms with E-state index in [9.17, 15) is 13.2 Å². The van der Waals surface area contributed by atoms with Crippen molar-refractivity contribution in [3.63, 3.8) is 0 Å². The third-order valence-corrected chi connectivity index (χ3v) is 5.01. The molecule has 0 radical (unpaired) electrons. The number of hydrogen-bond donors (Lipinski definition) is 1. The summed E-state index contributed by atoms with van der Waals surface area (Å²) in [5.74, 6) is -0.576. The van der Waals surface area contributed by atoms with Crippen LogP contribution in [0.25, 0.3) is 0 Å². The van der Waals surface area contributed by atoms with Crippen molar-refractivity contribution < 1.29 is 17.9 Å². The Bertz CT molecular complexity index is 726. The largest absolute Gasteiger partial charge is 0.486 e. The smallest absolute Gasteiger partial charge is 0.234 e. The van der Waals surface area contributed by atoms with Gasteiger partial charge in [-0.3, -0.25) is 4.79 Å². The molecule has 0 fully saturated rings. The molecule has 8 heteroatoms. The molecule has 1 N–H and O–H groups in total. The van der Waals surface area contributed by atoms with Crippen LogP contribution in [-0.2, 0) is 27.0 Å². The third-order valence-electron chi connectivity index (χ3n) is 2.70. The predicted octanol–water partition coefficient (Wildman–Crippen LogP) is 1.38. The molecule has 0 spiro atoms. The van der Waals surface area contributed by atoms with E-state index in [1.807, 2.05) is 30.3 Å². The molecule has 6 nitrogen and oxygen atoms in total. The lowest BCUT2D eigenvalue weighted by atomic mass is 10.3. The van der Waals surface area contributed by atoms with Gasteiger partial charge < -0.3 is 10.1 Å². The van der Waals surface area contributed by atoms with Crippen LogP contribution in [0.4, 0.5) is 0 Å². The van der Waals surface area contributed by atoms with Crippen molar-refractivity contribution in [2.24, 2.45) is 0 Å². The number of rotatable bonds is 7. The molecule has 1 amide bonds. The number of para-hydroxylation sites is 1. The average molecular weight is 340 g/mol. The topological polar surface area (TPSA) is 85.4 Å². The first-order chi connectivity index (χ1) is 10.5. The van der Waals surface area contributed by atoms with Gasteiger partial charge in [-0.1, -0.05) is 18.2 Å². The van der Waals surface area contributed by atoms with Crippen LogP contribution >= 0.6 is 11.3 Å². The highest BCUT2D eigenvalue weighted by atomic mass is 32.2. The minimum atomic E-state index is -3.51. The van der Waals surface area contributed by atoms with Gasteiger partial charge in [0.05, 0.1) is 11.4 Å². The zero-order valence-corrected chi connectivity index (χ0v) is 13.6. The second kappa shape index (κ2) is 7.37. The number of aromatic nitrogens is 1. The van der Waals surface area contributed by atoms with Gasteiger partial charge in [0.15, 0.2) is 9.84 Å². The second-order valence-corrected chi connectivity index (χ2v) is 7.55. The molecule has 1 aromatic heterocycles. The van der Waals surface area contributed by atoms with Crippen molar-refractivity contribution in [2.45, 2.75) is 12.4 Å². The fraction of sp³-hybridized carbons (Fsp3) is 0.286. The maximum Gasteiger partial charge on any atom is 0.234 e. The number of sulfone groups is 1. The van der Waals surface area contributed by atoms with Crippen molar-refractivity contribution in [3.05, 3.63) is 46.4 Å². The molecule has 2 aromatic rings. The number of carbonyl (C=O) groups excluding carboxylic acids is 1. The summed E-state index contributed by atoms with van der Waals surface area (Å²) >= 11 is 1.33. The molecule has 22 heavy (non-hydrogen) atoms.